The predicted molar refractivity (Wildman–Crippen MR) is 77.1 cm³/mol. The van der Waals surface area contributed by atoms with E-state index in [0.717, 1.165) is 28.2 Å². The van der Waals surface area contributed by atoms with Crippen molar-refractivity contribution in [3.63, 3.8) is 0 Å². The Morgan fingerprint density at radius 3 is 2.85 bits per heavy atom. The highest BCUT2D eigenvalue weighted by Crippen LogP contribution is 2.31. The van der Waals surface area contributed by atoms with E-state index < -0.39 is 0 Å². The van der Waals surface area contributed by atoms with Crippen LogP contribution in [-0.4, -0.2) is 22.9 Å². The average molecular weight is 269 g/mol. The fourth-order valence-corrected chi connectivity index (χ4v) is 2.41. The first kappa shape index (κ1) is 12.6. The average Bonchev–Trinajstić information content (AvgIpc) is 2.73. The molecule has 102 valence electrons. The van der Waals surface area contributed by atoms with Gasteiger partial charge in [0, 0.05) is 24.0 Å². The summed E-state index contributed by atoms with van der Waals surface area (Å²) >= 11 is 0. The highest BCUT2D eigenvalue weighted by Gasteiger charge is 2.24. The number of nitrogens with one attached hydrogen (secondary N) is 1. The van der Waals surface area contributed by atoms with Crippen molar-refractivity contribution in [3.05, 3.63) is 35.5 Å². The Kier molecular flexibility index (Phi) is 2.87. The maximum absolute atomic E-state index is 11.7. The maximum Gasteiger partial charge on any atom is 0.237 e. The van der Waals surface area contributed by atoms with Gasteiger partial charge in [0.1, 0.15) is 0 Å². The van der Waals surface area contributed by atoms with Crippen molar-refractivity contribution >= 4 is 17.5 Å². The number of carbonyl (C=O) groups excluding carboxylic acids is 1. The molecule has 6 nitrogen and oxygen atoms in total. The van der Waals surface area contributed by atoms with Gasteiger partial charge in [-0.1, -0.05) is 6.07 Å². The van der Waals surface area contributed by atoms with E-state index in [2.05, 4.69) is 15.4 Å². The van der Waals surface area contributed by atoms with E-state index in [4.69, 9.17) is 5.84 Å². The van der Waals surface area contributed by atoms with Gasteiger partial charge in [-0.15, -0.1) is 0 Å². The van der Waals surface area contributed by atoms with Gasteiger partial charge in [0.05, 0.1) is 12.1 Å². The zero-order chi connectivity index (χ0) is 14.3. The number of benzene rings is 1. The van der Waals surface area contributed by atoms with E-state index in [1.165, 1.54) is 0 Å². The molecule has 1 amide bonds. The zero-order valence-electron chi connectivity index (χ0n) is 11.3. The Balaban J connectivity index is 2.06. The minimum atomic E-state index is 0.111. The fraction of sp³-hybridized carbons (Fsp3) is 0.214. The SMILES string of the molecule is Cc1cc(-c2ccc3c(c2)CC(=O)N3C)nc(NN)n1. The molecule has 0 spiro atoms. The Morgan fingerprint density at radius 2 is 2.10 bits per heavy atom. The normalized spacial score (nSPS) is 13.6. The molecule has 0 fully saturated rings. The molecule has 6 heteroatoms. The van der Waals surface area contributed by atoms with E-state index in [0.29, 0.717) is 12.4 Å². The summed E-state index contributed by atoms with van der Waals surface area (Å²) in [4.78, 5) is 21.9. The zero-order valence-corrected chi connectivity index (χ0v) is 11.3. The molecule has 3 N–H and O–H groups in total. The van der Waals surface area contributed by atoms with Gasteiger partial charge < -0.3 is 4.90 Å². The molecule has 0 unspecified atom stereocenters. The molecule has 1 aliphatic heterocycles. The van der Waals surface area contributed by atoms with E-state index in [1.54, 1.807) is 11.9 Å². The summed E-state index contributed by atoms with van der Waals surface area (Å²) in [6, 6.07) is 7.79. The third kappa shape index (κ3) is 2.00. The summed E-state index contributed by atoms with van der Waals surface area (Å²) in [6.45, 7) is 1.89. The van der Waals surface area contributed by atoms with Crippen LogP contribution in [0.2, 0.25) is 0 Å². The van der Waals surface area contributed by atoms with Crippen molar-refractivity contribution in [2.45, 2.75) is 13.3 Å². The van der Waals surface area contributed by atoms with Crippen LogP contribution in [0, 0.1) is 6.92 Å². The summed E-state index contributed by atoms with van der Waals surface area (Å²) in [5.41, 5.74) is 7.01. The number of hydrazine groups is 1. The first-order valence-corrected chi connectivity index (χ1v) is 6.30. The number of aromatic nitrogens is 2. The largest absolute Gasteiger partial charge is 0.315 e. The number of amides is 1. The van der Waals surface area contributed by atoms with Crippen molar-refractivity contribution in [2.75, 3.05) is 17.4 Å². The Hall–Kier alpha value is -2.47. The first-order chi connectivity index (χ1) is 9.58. The van der Waals surface area contributed by atoms with Crippen molar-refractivity contribution in [1.29, 1.82) is 0 Å². The van der Waals surface area contributed by atoms with Crippen LogP contribution in [0.5, 0.6) is 0 Å². The van der Waals surface area contributed by atoms with Gasteiger partial charge in [-0.25, -0.2) is 15.8 Å². The fourth-order valence-electron chi connectivity index (χ4n) is 2.41. The van der Waals surface area contributed by atoms with Crippen LogP contribution in [0.4, 0.5) is 11.6 Å². The summed E-state index contributed by atoms with van der Waals surface area (Å²) in [5.74, 6) is 5.86. The van der Waals surface area contributed by atoms with Gasteiger partial charge in [-0.2, -0.15) is 0 Å². The van der Waals surface area contributed by atoms with Crippen LogP contribution in [0.25, 0.3) is 11.3 Å². The molecule has 0 saturated heterocycles. The highest BCUT2D eigenvalue weighted by molar-refractivity contribution is 6.01. The number of nitrogens with two attached hydrogens (primary N) is 1. The number of nitrogens with zero attached hydrogens (tertiary/aromatic N) is 3. The maximum atomic E-state index is 11.7. The molecule has 0 bridgehead atoms. The van der Waals surface area contributed by atoms with Gasteiger partial charge in [-0.05, 0) is 30.7 Å². The van der Waals surface area contributed by atoms with Crippen molar-refractivity contribution in [1.82, 2.24) is 9.97 Å². The van der Waals surface area contributed by atoms with Crippen molar-refractivity contribution in [2.24, 2.45) is 5.84 Å². The molecule has 0 saturated carbocycles. The van der Waals surface area contributed by atoms with Crippen LogP contribution in [0.1, 0.15) is 11.3 Å². The topological polar surface area (TPSA) is 84.1 Å². The number of likely N-dealkylation sites (N-methyl/N-ethyl adjacent to an activating group) is 1. The van der Waals surface area contributed by atoms with Gasteiger partial charge in [0.25, 0.3) is 0 Å². The minimum absolute atomic E-state index is 0.111. The highest BCUT2D eigenvalue weighted by atomic mass is 16.2. The molecule has 0 aliphatic carbocycles. The van der Waals surface area contributed by atoms with Gasteiger partial charge >= 0.3 is 0 Å². The standard InChI is InChI=1S/C14H15N5O/c1-8-5-11(17-14(16-8)18-15)9-3-4-12-10(6-9)7-13(20)19(12)2/h3-6H,7,15H2,1-2H3,(H,16,17,18). The van der Waals surface area contributed by atoms with E-state index >= 15 is 0 Å². The van der Waals surface area contributed by atoms with Crippen molar-refractivity contribution in [3.8, 4) is 11.3 Å². The molecule has 3 rings (SSSR count). The number of hydrogen-bond acceptors (Lipinski definition) is 5. The quantitative estimate of drug-likeness (QED) is 0.633. The molecular formula is C14H15N5O. The van der Waals surface area contributed by atoms with Crippen molar-refractivity contribution < 1.29 is 4.79 Å². The molecule has 2 heterocycles. The minimum Gasteiger partial charge on any atom is -0.315 e. The smallest absolute Gasteiger partial charge is 0.237 e. The van der Waals surface area contributed by atoms with Gasteiger partial charge in [0.15, 0.2) is 0 Å². The van der Waals surface area contributed by atoms with E-state index in [-0.39, 0.29) is 5.91 Å². The van der Waals surface area contributed by atoms with Crippen LogP contribution in [0.3, 0.4) is 0 Å². The third-order valence-corrected chi connectivity index (χ3v) is 3.44. The summed E-state index contributed by atoms with van der Waals surface area (Å²) in [7, 11) is 1.79. The monoisotopic (exact) mass is 269 g/mol. The lowest BCUT2D eigenvalue weighted by Crippen LogP contribution is -2.20. The lowest BCUT2D eigenvalue weighted by Gasteiger charge is -2.11. The number of aryl methyl sites for hydroxylation is 1. The summed E-state index contributed by atoms with van der Waals surface area (Å²) in [5, 5.41) is 0. The number of nitrogen functional groups attached to an aromatic ring is 1. The third-order valence-electron chi connectivity index (χ3n) is 3.44. The molecule has 0 radical (unpaired) electrons. The molecule has 0 atom stereocenters. The van der Waals surface area contributed by atoms with Crippen LogP contribution in [-0.2, 0) is 11.2 Å². The van der Waals surface area contributed by atoms with Crippen LogP contribution in [0.15, 0.2) is 24.3 Å². The second-order valence-corrected chi connectivity index (χ2v) is 4.84. The number of fused-ring (bicyclic) bond motifs is 1. The molecule has 1 aromatic heterocycles. The van der Waals surface area contributed by atoms with Gasteiger partial charge in [-0.3, -0.25) is 10.2 Å². The molecule has 20 heavy (non-hydrogen) atoms. The summed E-state index contributed by atoms with van der Waals surface area (Å²) < 4.78 is 0. The molecule has 1 aliphatic rings. The Morgan fingerprint density at radius 1 is 1.30 bits per heavy atom. The van der Waals surface area contributed by atoms with Crippen LogP contribution >= 0.6 is 0 Å². The Labute approximate surface area is 116 Å². The van der Waals surface area contributed by atoms with E-state index in [9.17, 15) is 4.79 Å². The second-order valence-electron chi connectivity index (χ2n) is 4.84. The molecule has 1 aromatic carbocycles. The summed E-state index contributed by atoms with van der Waals surface area (Å²) in [6.07, 6.45) is 0.436. The molecular weight excluding hydrogens is 254 g/mol. The number of carbonyl (C=O) groups is 1. The number of hydrogen-bond donors (Lipinski definition) is 2. The lowest BCUT2D eigenvalue weighted by molar-refractivity contribution is -0.117. The van der Waals surface area contributed by atoms with E-state index in [1.807, 2.05) is 31.2 Å². The number of anilines is 2. The second kappa shape index (κ2) is 4.57. The predicted octanol–water partition coefficient (Wildman–Crippen LogP) is 1.26. The number of rotatable bonds is 2. The Bertz CT molecular complexity index is 698. The van der Waals surface area contributed by atoms with Crippen LogP contribution < -0.4 is 16.2 Å². The lowest BCUT2D eigenvalue weighted by atomic mass is 10.1. The molecule has 2 aromatic rings. The van der Waals surface area contributed by atoms with Gasteiger partial charge in [0.2, 0.25) is 11.9 Å². The first-order valence-electron chi connectivity index (χ1n) is 6.30.